The average molecular weight is 203 g/mol. The highest BCUT2D eigenvalue weighted by atomic mass is 16.5. The Balaban J connectivity index is 2.11. The van der Waals surface area contributed by atoms with E-state index in [-0.39, 0.29) is 6.04 Å². The minimum absolute atomic E-state index is 0.250. The Labute approximate surface area is 88.2 Å². The lowest BCUT2D eigenvalue weighted by atomic mass is 10.0. The zero-order valence-electron chi connectivity index (χ0n) is 8.40. The van der Waals surface area contributed by atoms with Crippen LogP contribution in [0.15, 0.2) is 12.1 Å². The Morgan fingerprint density at radius 3 is 2.93 bits per heavy atom. The molecule has 1 fully saturated rings. The smallest absolute Gasteiger partial charge is 0.150 e. The normalized spacial score (nSPS) is 27.0. The average Bonchev–Trinajstić information content (AvgIpc) is 2.80. The molecule has 3 heteroatoms. The van der Waals surface area contributed by atoms with Gasteiger partial charge < -0.3 is 10.5 Å². The molecule has 1 aliphatic heterocycles. The maximum Gasteiger partial charge on any atom is 0.150 e. The van der Waals surface area contributed by atoms with Crippen molar-refractivity contribution in [3.05, 3.63) is 28.8 Å². The summed E-state index contributed by atoms with van der Waals surface area (Å²) in [6.07, 6.45) is 2.82. The molecule has 2 unspecified atom stereocenters. The first kappa shape index (κ1) is 8.92. The molecule has 1 saturated carbocycles. The van der Waals surface area contributed by atoms with Gasteiger partial charge in [0.2, 0.25) is 0 Å². The molecular formula is C12H13NO2. The van der Waals surface area contributed by atoms with E-state index in [4.69, 9.17) is 10.5 Å². The number of ether oxygens (including phenoxy) is 1. The molecule has 2 aliphatic rings. The number of aldehydes is 1. The van der Waals surface area contributed by atoms with Gasteiger partial charge in [-0.05, 0) is 29.7 Å². The topological polar surface area (TPSA) is 52.3 Å². The van der Waals surface area contributed by atoms with Gasteiger partial charge in [0.25, 0.3) is 0 Å². The summed E-state index contributed by atoms with van der Waals surface area (Å²) in [7, 11) is 0. The number of carbonyl (C=O) groups excluding carboxylic acids is 1. The van der Waals surface area contributed by atoms with Gasteiger partial charge in [0, 0.05) is 23.9 Å². The minimum Gasteiger partial charge on any atom is -0.493 e. The molecule has 0 saturated heterocycles. The quantitative estimate of drug-likeness (QED) is 0.736. The maximum atomic E-state index is 10.8. The second-order valence-corrected chi connectivity index (χ2v) is 4.32. The van der Waals surface area contributed by atoms with Crippen molar-refractivity contribution in [2.75, 3.05) is 6.61 Å². The first-order valence-electron chi connectivity index (χ1n) is 5.30. The van der Waals surface area contributed by atoms with Crippen molar-refractivity contribution in [2.24, 2.45) is 5.73 Å². The molecule has 3 rings (SSSR count). The van der Waals surface area contributed by atoms with E-state index in [1.807, 2.05) is 12.1 Å². The predicted molar refractivity (Wildman–Crippen MR) is 56.4 cm³/mol. The summed E-state index contributed by atoms with van der Waals surface area (Å²) in [5, 5.41) is 0. The molecule has 2 atom stereocenters. The van der Waals surface area contributed by atoms with E-state index in [0.717, 1.165) is 48.2 Å². The molecule has 1 heterocycles. The first-order chi connectivity index (χ1) is 7.29. The number of carbonyl (C=O) groups is 1. The molecule has 0 radical (unpaired) electrons. The van der Waals surface area contributed by atoms with Crippen molar-refractivity contribution < 1.29 is 9.53 Å². The van der Waals surface area contributed by atoms with Crippen LogP contribution in [0.5, 0.6) is 5.75 Å². The number of rotatable bonds is 2. The van der Waals surface area contributed by atoms with Gasteiger partial charge in [-0.2, -0.15) is 0 Å². The number of fused-ring (bicyclic) bond motifs is 1. The summed E-state index contributed by atoms with van der Waals surface area (Å²) >= 11 is 0. The largest absolute Gasteiger partial charge is 0.493 e. The molecule has 1 aliphatic carbocycles. The minimum atomic E-state index is 0.250. The summed E-state index contributed by atoms with van der Waals surface area (Å²) < 4.78 is 5.61. The van der Waals surface area contributed by atoms with Crippen molar-refractivity contribution in [1.29, 1.82) is 0 Å². The fourth-order valence-electron chi connectivity index (χ4n) is 2.28. The van der Waals surface area contributed by atoms with Crippen LogP contribution in [-0.4, -0.2) is 18.9 Å². The molecule has 0 amide bonds. The lowest BCUT2D eigenvalue weighted by molar-refractivity contribution is 0.112. The van der Waals surface area contributed by atoms with Crippen LogP contribution in [0.2, 0.25) is 0 Å². The van der Waals surface area contributed by atoms with Crippen LogP contribution in [0.3, 0.4) is 0 Å². The van der Waals surface area contributed by atoms with Gasteiger partial charge in [-0.15, -0.1) is 0 Å². The Hall–Kier alpha value is -1.35. The molecule has 78 valence electrons. The summed E-state index contributed by atoms with van der Waals surface area (Å²) in [6, 6.07) is 4.10. The highest BCUT2D eigenvalue weighted by molar-refractivity contribution is 5.77. The van der Waals surface area contributed by atoms with E-state index in [2.05, 4.69) is 0 Å². The molecule has 0 aromatic heterocycles. The molecule has 3 nitrogen and oxygen atoms in total. The van der Waals surface area contributed by atoms with Crippen molar-refractivity contribution >= 4 is 6.29 Å². The maximum absolute atomic E-state index is 10.8. The van der Waals surface area contributed by atoms with Gasteiger partial charge in [-0.1, -0.05) is 0 Å². The van der Waals surface area contributed by atoms with E-state index in [9.17, 15) is 4.79 Å². The Bertz CT molecular complexity index is 428. The van der Waals surface area contributed by atoms with E-state index >= 15 is 0 Å². The molecular weight excluding hydrogens is 190 g/mol. The number of hydrogen-bond acceptors (Lipinski definition) is 3. The zero-order valence-corrected chi connectivity index (χ0v) is 8.40. The predicted octanol–water partition coefficient (Wildman–Crippen LogP) is 1.25. The molecule has 0 spiro atoms. The Kier molecular flexibility index (Phi) is 1.83. The summed E-state index contributed by atoms with van der Waals surface area (Å²) in [4.78, 5) is 10.8. The summed E-state index contributed by atoms with van der Waals surface area (Å²) in [5.41, 5.74) is 8.88. The fraction of sp³-hybridized carbons (Fsp3) is 0.417. The van der Waals surface area contributed by atoms with Crippen LogP contribution in [0.25, 0.3) is 0 Å². The highest BCUT2D eigenvalue weighted by Gasteiger charge is 2.38. The summed E-state index contributed by atoms with van der Waals surface area (Å²) in [5.74, 6) is 1.38. The third-order valence-corrected chi connectivity index (χ3v) is 3.21. The first-order valence-corrected chi connectivity index (χ1v) is 5.30. The second kappa shape index (κ2) is 3.07. The fourth-order valence-corrected chi connectivity index (χ4v) is 2.28. The van der Waals surface area contributed by atoms with Crippen molar-refractivity contribution in [1.82, 2.24) is 0 Å². The van der Waals surface area contributed by atoms with E-state index < -0.39 is 0 Å². The molecule has 1 aromatic carbocycles. The van der Waals surface area contributed by atoms with E-state index in [0.29, 0.717) is 5.92 Å². The highest BCUT2D eigenvalue weighted by Crippen LogP contribution is 2.46. The lowest BCUT2D eigenvalue weighted by Crippen LogP contribution is -2.02. The third-order valence-electron chi connectivity index (χ3n) is 3.21. The molecule has 0 bridgehead atoms. The van der Waals surface area contributed by atoms with Gasteiger partial charge in [-0.25, -0.2) is 0 Å². The second-order valence-electron chi connectivity index (χ2n) is 4.32. The van der Waals surface area contributed by atoms with E-state index in [1.54, 1.807) is 0 Å². The van der Waals surface area contributed by atoms with Gasteiger partial charge in [0.1, 0.15) is 12.0 Å². The van der Waals surface area contributed by atoms with Crippen LogP contribution < -0.4 is 10.5 Å². The Morgan fingerprint density at radius 2 is 2.27 bits per heavy atom. The number of nitrogens with two attached hydrogens (primary N) is 1. The van der Waals surface area contributed by atoms with Crippen LogP contribution in [0.1, 0.15) is 33.8 Å². The van der Waals surface area contributed by atoms with Crippen molar-refractivity contribution in [3.63, 3.8) is 0 Å². The standard InChI is InChI=1S/C12H13NO2/c13-11-5-9(11)10-4-7(6-14)3-8-1-2-15-12(8)10/h3-4,6,9,11H,1-2,5,13H2. The van der Waals surface area contributed by atoms with Crippen molar-refractivity contribution in [2.45, 2.75) is 24.8 Å². The zero-order chi connectivity index (χ0) is 10.4. The molecule has 15 heavy (non-hydrogen) atoms. The van der Waals surface area contributed by atoms with Crippen LogP contribution in [0, 0.1) is 0 Å². The monoisotopic (exact) mass is 203 g/mol. The number of benzene rings is 1. The van der Waals surface area contributed by atoms with Crippen LogP contribution in [0.4, 0.5) is 0 Å². The van der Waals surface area contributed by atoms with Crippen LogP contribution >= 0.6 is 0 Å². The lowest BCUT2D eigenvalue weighted by Gasteiger charge is -2.08. The summed E-state index contributed by atoms with van der Waals surface area (Å²) in [6.45, 7) is 0.729. The number of hydrogen-bond donors (Lipinski definition) is 1. The van der Waals surface area contributed by atoms with Crippen molar-refractivity contribution in [3.8, 4) is 5.75 Å². The SMILES string of the molecule is NC1CC1c1cc(C=O)cc2c1OCC2. The van der Waals surface area contributed by atoms with Gasteiger partial charge in [-0.3, -0.25) is 4.79 Å². The molecule has 2 N–H and O–H groups in total. The molecule has 1 aromatic rings. The van der Waals surface area contributed by atoms with Gasteiger partial charge >= 0.3 is 0 Å². The van der Waals surface area contributed by atoms with E-state index in [1.165, 1.54) is 0 Å². The van der Waals surface area contributed by atoms with Crippen LogP contribution in [-0.2, 0) is 6.42 Å². The Morgan fingerprint density at radius 1 is 1.47 bits per heavy atom. The van der Waals surface area contributed by atoms with Gasteiger partial charge in [0.05, 0.1) is 6.61 Å². The van der Waals surface area contributed by atoms with Gasteiger partial charge in [0.15, 0.2) is 0 Å². The third kappa shape index (κ3) is 1.35.